The SMILES string of the molecule is CCc1ccccc1CNC(=NC)NCCCOCCOC. The van der Waals surface area contributed by atoms with Gasteiger partial charge in [-0.1, -0.05) is 31.2 Å². The average Bonchev–Trinajstić information content (AvgIpc) is 2.57. The van der Waals surface area contributed by atoms with Crippen LogP contribution in [0, 0.1) is 0 Å². The third kappa shape index (κ3) is 7.43. The highest BCUT2D eigenvalue weighted by molar-refractivity contribution is 5.79. The molecule has 1 aromatic carbocycles. The number of rotatable bonds is 10. The fourth-order valence-electron chi connectivity index (χ4n) is 2.10. The maximum absolute atomic E-state index is 5.42. The average molecular weight is 307 g/mol. The second-order valence-electron chi connectivity index (χ2n) is 4.93. The molecule has 0 saturated carbocycles. The summed E-state index contributed by atoms with van der Waals surface area (Å²) in [6, 6.07) is 8.48. The number of nitrogens with zero attached hydrogens (tertiary/aromatic N) is 1. The number of nitrogens with one attached hydrogen (secondary N) is 2. The van der Waals surface area contributed by atoms with Gasteiger partial charge in [-0.2, -0.15) is 0 Å². The standard InChI is InChI=1S/C17H29N3O2/c1-4-15-8-5-6-9-16(15)14-20-17(18-2)19-10-7-11-22-13-12-21-3/h5-6,8-9H,4,7,10-14H2,1-3H3,(H2,18,19,20). The van der Waals surface area contributed by atoms with E-state index in [1.165, 1.54) is 11.1 Å². The van der Waals surface area contributed by atoms with E-state index in [0.29, 0.717) is 13.2 Å². The molecule has 0 amide bonds. The zero-order valence-electron chi connectivity index (χ0n) is 14.0. The highest BCUT2D eigenvalue weighted by Gasteiger charge is 2.01. The van der Waals surface area contributed by atoms with Gasteiger partial charge < -0.3 is 20.1 Å². The van der Waals surface area contributed by atoms with E-state index >= 15 is 0 Å². The predicted octanol–water partition coefficient (Wildman–Crippen LogP) is 1.97. The normalized spacial score (nSPS) is 11.5. The van der Waals surface area contributed by atoms with E-state index in [4.69, 9.17) is 9.47 Å². The van der Waals surface area contributed by atoms with Gasteiger partial charge in [0.25, 0.3) is 0 Å². The minimum Gasteiger partial charge on any atom is -0.382 e. The van der Waals surface area contributed by atoms with Crippen LogP contribution in [0.2, 0.25) is 0 Å². The molecule has 5 nitrogen and oxygen atoms in total. The quantitative estimate of drug-likeness (QED) is 0.394. The van der Waals surface area contributed by atoms with E-state index in [-0.39, 0.29) is 0 Å². The molecule has 0 radical (unpaired) electrons. The largest absolute Gasteiger partial charge is 0.382 e. The van der Waals surface area contributed by atoms with Crippen LogP contribution in [0.25, 0.3) is 0 Å². The summed E-state index contributed by atoms with van der Waals surface area (Å²) in [4.78, 5) is 4.24. The second kappa shape index (κ2) is 12.0. The first-order valence-corrected chi connectivity index (χ1v) is 7.89. The van der Waals surface area contributed by atoms with Gasteiger partial charge in [0.05, 0.1) is 13.2 Å². The Morgan fingerprint density at radius 2 is 1.86 bits per heavy atom. The number of aliphatic imine (C=N–C) groups is 1. The van der Waals surface area contributed by atoms with Crippen molar-refractivity contribution >= 4 is 5.96 Å². The molecule has 1 aromatic rings. The van der Waals surface area contributed by atoms with Gasteiger partial charge in [-0.15, -0.1) is 0 Å². The molecule has 0 aliphatic rings. The first-order valence-electron chi connectivity index (χ1n) is 7.89. The number of methoxy groups -OCH3 is 1. The van der Waals surface area contributed by atoms with Crippen LogP contribution in [0.4, 0.5) is 0 Å². The van der Waals surface area contributed by atoms with Gasteiger partial charge >= 0.3 is 0 Å². The molecule has 0 fully saturated rings. The first-order chi connectivity index (χ1) is 10.8. The molecule has 0 aliphatic heterocycles. The number of guanidine groups is 1. The molecule has 0 heterocycles. The molecule has 1 rings (SSSR count). The van der Waals surface area contributed by atoms with E-state index in [1.807, 2.05) is 0 Å². The van der Waals surface area contributed by atoms with Crippen molar-refractivity contribution in [1.29, 1.82) is 0 Å². The Balaban J connectivity index is 2.22. The minimum absolute atomic E-state index is 0.646. The van der Waals surface area contributed by atoms with Crippen molar-refractivity contribution in [1.82, 2.24) is 10.6 Å². The van der Waals surface area contributed by atoms with Gasteiger partial charge in [0.1, 0.15) is 0 Å². The molecule has 0 atom stereocenters. The Morgan fingerprint density at radius 3 is 2.55 bits per heavy atom. The first kappa shape index (κ1) is 18.5. The van der Waals surface area contributed by atoms with Crippen LogP contribution in [-0.2, 0) is 22.4 Å². The van der Waals surface area contributed by atoms with Gasteiger partial charge in [-0.3, -0.25) is 4.99 Å². The summed E-state index contributed by atoms with van der Waals surface area (Å²) in [5, 5.41) is 6.65. The summed E-state index contributed by atoms with van der Waals surface area (Å²) >= 11 is 0. The molecule has 0 aliphatic carbocycles. The zero-order chi connectivity index (χ0) is 16.0. The number of aryl methyl sites for hydroxylation is 1. The van der Waals surface area contributed by atoms with Crippen molar-refractivity contribution in [3.05, 3.63) is 35.4 Å². The maximum atomic E-state index is 5.42. The zero-order valence-corrected chi connectivity index (χ0v) is 14.0. The third-order valence-corrected chi connectivity index (χ3v) is 3.36. The van der Waals surface area contributed by atoms with E-state index in [0.717, 1.165) is 38.5 Å². The van der Waals surface area contributed by atoms with Gasteiger partial charge in [0.15, 0.2) is 5.96 Å². The smallest absolute Gasteiger partial charge is 0.191 e. The molecule has 0 spiro atoms. The van der Waals surface area contributed by atoms with E-state index in [9.17, 15) is 0 Å². The van der Waals surface area contributed by atoms with Gasteiger partial charge in [-0.25, -0.2) is 0 Å². The maximum Gasteiger partial charge on any atom is 0.191 e. The Bertz CT molecular complexity index is 436. The predicted molar refractivity (Wildman–Crippen MR) is 91.3 cm³/mol. The van der Waals surface area contributed by atoms with Gasteiger partial charge in [0.2, 0.25) is 0 Å². The van der Waals surface area contributed by atoms with Crippen LogP contribution in [0.15, 0.2) is 29.3 Å². The number of ether oxygens (including phenoxy) is 2. The molecular formula is C17H29N3O2. The third-order valence-electron chi connectivity index (χ3n) is 3.36. The number of benzene rings is 1. The molecule has 2 N–H and O–H groups in total. The Hall–Kier alpha value is -1.59. The van der Waals surface area contributed by atoms with Crippen LogP contribution in [0.3, 0.4) is 0 Å². The molecule has 0 aromatic heterocycles. The lowest BCUT2D eigenvalue weighted by Gasteiger charge is -2.13. The summed E-state index contributed by atoms with van der Waals surface area (Å²) in [7, 11) is 3.47. The van der Waals surface area contributed by atoms with Crippen LogP contribution < -0.4 is 10.6 Å². The van der Waals surface area contributed by atoms with Crippen LogP contribution >= 0.6 is 0 Å². The summed E-state index contributed by atoms with van der Waals surface area (Å²) in [5.74, 6) is 0.822. The highest BCUT2D eigenvalue weighted by Crippen LogP contribution is 2.08. The summed E-state index contributed by atoms with van der Waals surface area (Å²) in [5.41, 5.74) is 2.69. The van der Waals surface area contributed by atoms with Crippen molar-refractivity contribution in [2.24, 2.45) is 4.99 Å². The fourth-order valence-corrected chi connectivity index (χ4v) is 2.10. The molecular weight excluding hydrogens is 278 g/mol. The Morgan fingerprint density at radius 1 is 1.09 bits per heavy atom. The summed E-state index contributed by atoms with van der Waals surface area (Å²) < 4.78 is 10.4. The van der Waals surface area contributed by atoms with Crippen LogP contribution in [-0.4, -0.2) is 46.5 Å². The Labute approximate surface area is 134 Å². The number of hydrogen-bond acceptors (Lipinski definition) is 3. The Kier molecular flexibility index (Phi) is 10.1. The van der Waals surface area contributed by atoms with E-state index in [2.05, 4.69) is 46.8 Å². The van der Waals surface area contributed by atoms with Gasteiger partial charge in [0, 0.05) is 33.9 Å². The minimum atomic E-state index is 0.646. The second-order valence-corrected chi connectivity index (χ2v) is 4.93. The lowest BCUT2D eigenvalue weighted by molar-refractivity contribution is 0.0698. The highest BCUT2D eigenvalue weighted by atomic mass is 16.5. The molecule has 22 heavy (non-hydrogen) atoms. The van der Waals surface area contributed by atoms with E-state index in [1.54, 1.807) is 14.2 Å². The summed E-state index contributed by atoms with van der Waals surface area (Å²) in [6.07, 6.45) is 1.98. The van der Waals surface area contributed by atoms with Gasteiger partial charge in [-0.05, 0) is 24.0 Å². The molecule has 0 bridgehead atoms. The fraction of sp³-hybridized carbons (Fsp3) is 0.588. The van der Waals surface area contributed by atoms with Crippen molar-refractivity contribution in [2.75, 3.05) is 40.5 Å². The lowest BCUT2D eigenvalue weighted by atomic mass is 10.1. The van der Waals surface area contributed by atoms with Crippen molar-refractivity contribution < 1.29 is 9.47 Å². The molecule has 124 valence electrons. The van der Waals surface area contributed by atoms with Crippen molar-refractivity contribution in [3.63, 3.8) is 0 Å². The van der Waals surface area contributed by atoms with Crippen molar-refractivity contribution in [2.45, 2.75) is 26.3 Å². The monoisotopic (exact) mass is 307 g/mol. The lowest BCUT2D eigenvalue weighted by Crippen LogP contribution is -2.37. The summed E-state index contributed by atoms with van der Waals surface area (Å²) in [6.45, 7) is 5.82. The van der Waals surface area contributed by atoms with Crippen LogP contribution in [0.1, 0.15) is 24.5 Å². The molecule has 0 saturated heterocycles. The van der Waals surface area contributed by atoms with Crippen molar-refractivity contribution in [3.8, 4) is 0 Å². The topological polar surface area (TPSA) is 54.9 Å². The van der Waals surface area contributed by atoms with E-state index < -0.39 is 0 Å². The van der Waals surface area contributed by atoms with Crippen LogP contribution in [0.5, 0.6) is 0 Å². The molecule has 5 heteroatoms. The number of hydrogen-bond donors (Lipinski definition) is 2. The molecule has 0 unspecified atom stereocenters.